The number of carbonyl (C=O) groups excluding carboxylic acids is 1. The predicted octanol–water partition coefficient (Wildman–Crippen LogP) is 4.38. The highest BCUT2D eigenvalue weighted by molar-refractivity contribution is 7.97. The van der Waals surface area contributed by atoms with Crippen LogP contribution < -0.4 is 14.4 Å². The van der Waals surface area contributed by atoms with E-state index < -0.39 is 21.6 Å². The Morgan fingerprint density at radius 3 is 2.73 bits per heavy atom. The van der Waals surface area contributed by atoms with Crippen LogP contribution in [0.5, 0.6) is 5.75 Å². The van der Waals surface area contributed by atoms with Crippen LogP contribution >= 0.6 is 11.3 Å². The van der Waals surface area contributed by atoms with Crippen LogP contribution in [-0.4, -0.2) is 21.3 Å². The maximum atomic E-state index is 13.6. The number of Topliss-reactive ketones (excluding diaryl/α,β-unsaturated/α-hetero) is 1. The minimum atomic E-state index is -4.16. The summed E-state index contributed by atoms with van der Waals surface area (Å²) >= 11 is 1.16. The Balaban J connectivity index is 1.73. The Morgan fingerprint density at radius 2 is 1.97 bits per heavy atom. The van der Waals surface area contributed by atoms with Crippen molar-refractivity contribution in [2.24, 2.45) is 0 Å². The summed E-state index contributed by atoms with van der Waals surface area (Å²) in [5.41, 5.74) is 1.34. The smallest absolute Gasteiger partial charge is 0.270 e. The van der Waals surface area contributed by atoms with Gasteiger partial charge in [-0.2, -0.15) is 0 Å². The molecule has 0 saturated heterocycles. The van der Waals surface area contributed by atoms with E-state index in [-0.39, 0.29) is 11.4 Å². The van der Waals surface area contributed by atoms with Crippen molar-refractivity contribution < 1.29 is 22.3 Å². The van der Waals surface area contributed by atoms with E-state index in [2.05, 4.69) is 5.32 Å². The third-order valence-electron chi connectivity index (χ3n) is 4.57. The van der Waals surface area contributed by atoms with Crippen LogP contribution in [0.1, 0.15) is 15.2 Å². The van der Waals surface area contributed by atoms with Crippen LogP contribution in [0.15, 0.2) is 71.1 Å². The lowest BCUT2D eigenvalue weighted by Crippen LogP contribution is -2.38. The molecule has 0 saturated carbocycles. The first kappa shape index (κ1) is 20.1. The Labute approximate surface area is 177 Å². The van der Waals surface area contributed by atoms with Crippen LogP contribution in [0.25, 0.3) is 0 Å². The standard InChI is InChI=1S/C21H17FN2O4S2/c1-28-17-7-3-6-16(11-17)23-12-19-20(25)21-18(8-9-29-21)24(30(19,26)27)13-14-4-2-5-15(22)10-14/h2-12,23H,13H2,1H3/b19-12-. The maximum absolute atomic E-state index is 13.6. The van der Waals surface area contributed by atoms with Crippen LogP contribution in [0.4, 0.5) is 15.8 Å². The lowest BCUT2D eigenvalue weighted by molar-refractivity contribution is 0.104. The van der Waals surface area contributed by atoms with Crippen LogP contribution in [-0.2, 0) is 16.6 Å². The van der Waals surface area contributed by atoms with Crippen molar-refractivity contribution in [2.45, 2.75) is 6.54 Å². The zero-order chi connectivity index (χ0) is 21.3. The van der Waals surface area contributed by atoms with Gasteiger partial charge in [-0.3, -0.25) is 9.10 Å². The second kappa shape index (κ2) is 7.92. The zero-order valence-corrected chi connectivity index (χ0v) is 17.5. The summed E-state index contributed by atoms with van der Waals surface area (Å²) in [6.45, 7) is -0.0897. The molecule has 0 aliphatic carbocycles. The fourth-order valence-electron chi connectivity index (χ4n) is 3.12. The molecular weight excluding hydrogens is 427 g/mol. The van der Waals surface area contributed by atoms with Gasteiger partial charge in [0.2, 0.25) is 5.78 Å². The molecule has 1 aliphatic heterocycles. The van der Waals surface area contributed by atoms with Gasteiger partial charge < -0.3 is 10.1 Å². The average Bonchev–Trinajstić information content (AvgIpc) is 3.21. The van der Waals surface area contributed by atoms with Gasteiger partial charge in [0.1, 0.15) is 16.4 Å². The molecule has 0 unspecified atom stereocenters. The Bertz CT molecular complexity index is 1250. The molecular formula is C21H17FN2O4S2. The van der Waals surface area contributed by atoms with Crippen molar-refractivity contribution in [3.63, 3.8) is 0 Å². The number of anilines is 2. The number of fused-ring (bicyclic) bond motifs is 1. The van der Waals surface area contributed by atoms with Gasteiger partial charge in [-0.1, -0.05) is 18.2 Å². The van der Waals surface area contributed by atoms with Crippen LogP contribution in [0.3, 0.4) is 0 Å². The third-order valence-corrected chi connectivity index (χ3v) is 7.23. The number of ether oxygens (including phenoxy) is 1. The zero-order valence-electron chi connectivity index (χ0n) is 15.8. The number of rotatable bonds is 5. The van der Waals surface area contributed by atoms with E-state index in [0.717, 1.165) is 15.6 Å². The van der Waals surface area contributed by atoms with Gasteiger partial charge >= 0.3 is 0 Å². The van der Waals surface area contributed by atoms with Crippen molar-refractivity contribution in [3.8, 4) is 5.75 Å². The summed E-state index contributed by atoms with van der Waals surface area (Å²) in [4.78, 5) is 12.8. The molecule has 4 rings (SSSR count). The number of hydrogen-bond donors (Lipinski definition) is 1. The molecule has 1 N–H and O–H groups in total. The van der Waals surface area contributed by atoms with Crippen molar-refractivity contribution >= 4 is 38.5 Å². The van der Waals surface area contributed by atoms with Crippen LogP contribution in [0, 0.1) is 5.82 Å². The molecule has 1 aliphatic rings. The highest BCUT2D eigenvalue weighted by atomic mass is 32.2. The second-order valence-corrected chi connectivity index (χ2v) is 9.24. The molecule has 0 spiro atoms. The lowest BCUT2D eigenvalue weighted by Gasteiger charge is -2.29. The van der Waals surface area contributed by atoms with E-state index in [4.69, 9.17) is 4.74 Å². The molecule has 2 heterocycles. The molecule has 6 nitrogen and oxygen atoms in total. The molecule has 9 heteroatoms. The lowest BCUT2D eigenvalue weighted by atomic mass is 10.2. The first-order chi connectivity index (χ1) is 14.4. The molecule has 0 atom stereocenters. The van der Waals surface area contributed by atoms with Gasteiger partial charge in [0.05, 0.1) is 19.3 Å². The number of nitrogens with one attached hydrogen (secondary N) is 1. The SMILES string of the molecule is COc1cccc(N/C=C2/C(=O)c3sccc3N(Cc3cccc(F)c3)S2(=O)=O)c1. The van der Waals surface area contributed by atoms with Gasteiger partial charge in [-0.05, 0) is 41.3 Å². The topological polar surface area (TPSA) is 75.7 Å². The summed E-state index contributed by atoms with van der Waals surface area (Å²) in [5.74, 6) is -0.450. The average molecular weight is 445 g/mol. The predicted molar refractivity (Wildman–Crippen MR) is 115 cm³/mol. The molecule has 154 valence electrons. The molecule has 0 radical (unpaired) electrons. The molecule has 0 bridgehead atoms. The van der Waals surface area contributed by atoms with Gasteiger partial charge in [-0.25, -0.2) is 12.8 Å². The Kier molecular flexibility index (Phi) is 5.31. The summed E-state index contributed by atoms with van der Waals surface area (Å²) in [7, 11) is -2.64. The van der Waals surface area contributed by atoms with Crippen LogP contribution in [0.2, 0.25) is 0 Å². The van der Waals surface area contributed by atoms with E-state index in [1.165, 1.54) is 31.5 Å². The molecule has 1 aromatic heterocycles. The first-order valence-electron chi connectivity index (χ1n) is 8.90. The number of hydrogen-bond acceptors (Lipinski definition) is 6. The first-order valence-corrected chi connectivity index (χ1v) is 11.2. The number of ketones is 1. The van der Waals surface area contributed by atoms with Crippen molar-refractivity contribution in [1.82, 2.24) is 0 Å². The van der Waals surface area contributed by atoms with E-state index in [9.17, 15) is 17.6 Å². The van der Waals surface area contributed by atoms with E-state index >= 15 is 0 Å². The van der Waals surface area contributed by atoms with Gasteiger partial charge in [0, 0.05) is 18.0 Å². The summed E-state index contributed by atoms with van der Waals surface area (Å²) in [5, 5.41) is 4.53. The van der Waals surface area contributed by atoms with E-state index in [0.29, 0.717) is 27.6 Å². The molecule has 0 fully saturated rings. The van der Waals surface area contributed by atoms with E-state index in [1.54, 1.807) is 41.8 Å². The van der Waals surface area contributed by atoms with E-state index in [1.807, 2.05) is 0 Å². The number of methoxy groups -OCH3 is 1. The number of allylic oxidation sites excluding steroid dienone is 1. The quantitative estimate of drug-likeness (QED) is 0.591. The second-order valence-electron chi connectivity index (χ2n) is 6.49. The minimum absolute atomic E-state index is 0.0897. The molecule has 3 aromatic rings. The van der Waals surface area contributed by atoms with Gasteiger partial charge in [-0.15, -0.1) is 11.3 Å². The van der Waals surface area contributed by atoms with Crippen molar-refractivity contribution in [2.75, 3.05) is 16.7 Å². The summed E-state index contributed by atoms with van der Waals surface area (Å²) in [6, 6.07) is 14.2. The summed E-state index contributed by atoms with van der Waals surface area (Å²) in [6.07, 6.45) is 1.19. The van der Waals surface area contributed by atoms with Gasteiger partial charge in [0.15, 0.2) is 4.91 Å². The largest absolute Gasteiger partial charge is 0.497 e. The molecule has 0 amide bonds. The summed E-state index contributed by atoms with van der Waals surface area (Å²) < 4.78 is 46.5. The maximum Gasteiger partial charge on any atom is 0.270 e. The number of sulfonamides is 1. The van der Waals surface area contributed by atoms with Gasteiger partial charge in [0.25, 0.3) is 10.0 Å². The normalized spacial score (nSPS) is 16.4. The molecule has 30 heavy (non-hydrogen) atoms. The minimum Gasteiger partial charge on any atom is -0.497 e. The Morgan fingerprint density at radius 1 is 1.17 bits per heavy atom. The fraction of sp³-hybridized carbons (Fsp3) is 0.0952. The Hall–Kier alpha value is -3.17. The number of benzene rings is 2. The monoisotopic (exact) mass is 444 g/mol. The number of nitrogens with zero attached hydrogens (tertiary/aromatic N) is 1. The van der Waals surface area contributed by atoms with Crippen molar-refractivity contribution in [3.05, 3.63) is 87.3 Å². The molecule has 2 aromatic carbocycles. The van der Waals surface area contributed by atoms with Crippen molar-refractivity contribution in [1.29, 1.82) is 0 Å². The highest BCUT2D eigenvalue weighted by Gasteiger charge is 2.41. The number of halogens is 1. The number of thiophene rings is 1. The number of carbonyl (C=O) groups is 1. The fourth-order valence-corrected chi connectivity index (χ4v) is 5.60. The third kappa shape index (κ3) is 3.69. The highest BCUT2D eigenvalue weighted by Crippen LogP contribution is 2.39.